The minimum Gasteiger partial charge on any atom is -0.480 e. The van der Waals surface area contributed by atoms with Crippen molar-refractivity contribution >= 4 is 11.9 Å². The molecule has 2 N–H and O–H groups in total. The van der Waals surface area contributed by atoms with Crippen molar-refractivity contribution < 1.29 is 32.3 Å². The number of rotatable bonds is 5. The average molecular weight is 291 g/mol. The number of nitrogens with one attached hydrogen (secondary N) is 1. The smallest absolute Gasteiger partial charge is 0.326 e. The summed E-state index contributed by atoms with van der Waals surface area (Å²) in [4.78, 5) is 22.3. The zero-order valence-corrected chi connectivity index (χ0v) is 9.92. The minimum absolute atomic E-state index is 0.149. The van der Waals surface area contributed by atoms with Crippen molar-refractivity contribution in [3.8, 4) is 0 Å². The summed E-state index contributed by atoms with van der Waals surface area (Å²) in [5, 5.41) is 10.6. The summed E-state index contributed by atoms with van der Waals surface area (Å²) < 4.78 is 51.9. The van der Waals surface area contributed by atoms with Crippen LogP contribution in [0.3, 0.4) is 0 Å². The fourth-order valence-electron chi connectivity index (χ4n) is 1.36. The van der Waals surface area contributed by atoms with E-state index in [0.717, 1.165) is 0 Å². The molecule has 4 nitrogen and oxygen atoms in total. The van der Waals surface area contributed by atoms with Gasteiger partial charge in [0.15, 0.2) is 23.3 Å². The first-order chi connectivity index (χ1) is 9.29. The Hall–Kier alpha value is -2.38. The van der Waals surface area contributed by atoms with Crippen LogP contribution >= 0.6 is 0 Å². The van der Waals surface area contributed by atoms with Gasteiger partial charge in [-0.2, -0.15) is 0 Å². The first kappa shape index (κ1) is 15.7. The average Bonchev–Trinajstić information content (AvgIpc) is 2.39. The van der Waals surface area contributed by atoms with E-state index in [1.54, 1.807) is 0 Å². The molecule has 0 heterocycles. The van der Waals surface area contributed by atoms with Crippen molar-refractivity contribution in [2.75, 3.05) is 0 Å². The summed E-state index contributed by atoms with van der Waals surface area (Å²) >= 11 is 0. The zero-order valence-electron chi connectivity index (χ0n) is 9.92. The molecule has 0 fully saturated rings. The molecule has 108 valence electrons. The molecule has 1 atom stereocenters. The molecule has 1 aromatic carbocycles. The maximum absolute atomic E-state index is 13.3. The second-order valence-corrected chi connectivity index (χ2v) is 3.74. The number of carboxylic acid groups (broad SMARTS) is 1. The van der Waals surface area contributed by atoms with Crippen LogP contribution in [0.4, 0.5) is 17.6 Å². The number of carboxylic acids is 1. The van der Waals surface area contributed by atoms with Crippen molar-refractivity contribution in [3.63, 3.8) is 0 Å². The number of carbonyl (C=O) groups excluding carboxylic acids is 1. The maximum Gasteiger partial charge on any atom is 0.326 e. The summed E-state index contributed by atoms with van der Waals surface area (Å²) in [6.07, 6.45) is 0.996. The van der Waals surface area contributed by atoms with E-state index in [4.69, 9.17) is 5.11 Å². The lowest BCUT2D eigenvalue weighted by Crippen LogP contribution is -2.40. The predicted molar refractivity (Wildman–Crippen MR) is 60.0 cm³/mol. The molecule has 1 unspecified atom stereocenters. The van der Waals surface area contributed by atoms with Crippen molar-refractivity contribution in [1.29, 1.82) is 0 Å². The molecule has 0 saturated carbocycles. The van der Waals surface area contributed by atoms with Gasteiger partial charge >= 0.3 is 5.97 Å². The maximum atomic E-state index is 13.3. The third-order valence-electron chi connectivity index (χ3n) is 2.35. The topological polar surface area (TPSA) is 66.4 Å². The molecule has 20 heavy (non-hydrogen) atoms. The van der Waals surface area contributed by atoms with Gasteiger partial charge in [-0.25, -0.2) is 22.4 Å². The third kappa shape index (κ3) is 3.14. The molecule has 0 aliphatic heterocycles. The Labute approximate surface area is 110 Å². The Morgan fingerprint density at radius 1 is 1.25 bits per heavy atom. The fraction of sp³-hybridized carbons (Fsp3) is 0.167. The van der Waals surface area contributed by atoms with Crippen LogP contribution in [-0.4, -0.2) is 23.0 Å². The van der Waals surface area contributed by atoms with E-state index in [-0.39, 0.29) is 12.5 Å². The summed E-state index contributed by atoms with van der Waals surface area (Å²) in [7, 11) is 0. The highest BCUT2D eigenvalue weighted by molar-refractivity contribution is 5.96. The summed E-state index contributed by atoms with van der Waals surface area (Å²) in [5.41, 5.74) is -1.13. The highest BCUT2D eigenvalue weighted by Gasteiger charge is 2.26. The van der Waals surface area contributed by atoms with Gasteiger partial charge in [0, 0.05) is 0 Å². The fourth-order valence-corrected chi connectivity index (χ4v) is 1.36. The van der Waals surface area contributed by atoms with E-state index < -0.39 is 46.8 Å². The molecule has 0 aromatic heterocycles. The molecular weight excluding hydrogens is 282 g/mol. The van der Waals surface area contributed by atoms with Crippen LogP contribution in [0.15, 0.2) is 18.7 Å². The van der Waals surface area contributed by atoms with Crippen molar-refractivity contribution in [3.05, 3.63) is 47.6 Å². The van der Waals surface area contributed by atoms with Crippen molar-refractivity contribution in [2.45, 2.75) is 12.5 Å². The number of carbonyl (C=O) groups is 2. The molecule has 0 spiro atoms. The zero-order chi connectivity index (χ0) is 15.4. The molecule has 1 rings (SSSR count). The summed E-state index contributed by atoms with van der Waals surface area (Å²) in [6.45, 7) is 3.26. The van der Waals surface area contributed by atoms with E-state index in [0.29, 0.717) is 0 Å². The van der Waals surface area contributed by atoms with E-state index in [1.165, 1.54) is 6.08 Å². The number of hydrogen-bond acceptors (Lipinski definition) is 2. The lowest BCUT2D eigenvalue weighted by molar-refractivity contribution is -0.139. The van der Waals surface area contributed by atoms with Crippen LogP contribution < -0.4 is 5.32 Å². The largest absolute Gasteiger partial charge is 0.480 e. The first-order valence-corrected chi connectivity index (χ1v) is 5.27. The van der Waals surface area contributed by atoms with Gasteiger partial charge in [-0.1, -0.05) is 6.08 Å². The van der Waals surface area contributed by atoms with E-state index >= 15 is 0 Å². The van der Waals surface area contributed by atoms with Crippen LogP contribution in [0.2, 0.25) is 0 Å². The highest BCUT2D eigenvalue weighted by Crippen LogP contribution is 2.18. The monoisotopic (exact) mass is 291 g/mol. The molecule has 1 amide bonds. The molecule has 0 saturated heterocycles. The highest BCUT2D eigenvalue weighted by atomic mass is 19.2. The number of benzene rings is 1. The number of amides is 1. The normalized spacial score (nSPS) is 11.8. The van der Waals surface area contributed by atoms with Gasteiger partial charge in [0.2, 0.25) is 0 Å². The second kappa shape index (κ2) is 6.18. The minimum atomic E-state index is -2.15. The Bertz CT molecular complexity index is 574. The Balaban J connectivity index is 3.09. The molecule has 0 aliphatic rings. The predicted octanol–water partition coefficient (Wildman–Crippen LogP) is 2.00. The van der Waals surface area contributed by atoms with Gasteiger partial charge in [0.1, 0.15) is 6.04 Å². The molecule has 1 aromatic rings. The van der Waals surface area contributed by atoms with Gasteiger partial charge in [0.25, 0.3) is 5.91 Å². The second-order valence-electron chi connectivity index (χ2n) is 3.74. The van der Waals surface area contributed by atoms with Crippen LogP contribution in [0.5, 0.6) is 0 Å². The van der Waals surface area contributed by atoms with E-state index in [9.17, 15) is 27.2 Å². The van der Waals surface area contributed by atoms with Crippen LogP contribution in [0.1, 0.15) is 16.8 Å². The number of halogens is 4. The Kier molecular flexibility index (Phi) is 4.84. The van der Waals surface area contributed by atoms with Crippen LogP contribution in [0.25, 0.3) is 0 Å². The molecular formula is C12H9F4NO3. The van der Waals surface area contributed by atoms with Crippen LogP contribution in [0, 0.1) is 23.3 Å². The van der Waals surface area contributed by atoms with Gasteiger partial charge in [-0.3, -0.25) is 4.79 Å². The third-order valence-corrected chi connectivity index (χ3v) is 2.35. The molecule has 0 aliphatic carbocycles. The van der Waals surface area contributed by atoms with Crippen molar-refractivity contribution in [1.82, 2.24) is 5.32 Å². The standard InChI is InChI=1S/C12H9F4NO3/c1-2-3-7(12(19)20)17-11(18)5-4-6(13)9(15)10(16)8(5)14/h2,4,7H,1,3H2,(H,17,18)(H,19,20). The van der Waals surface area contributed by atoms with Crippen molar-refractivity contribution in [2.24, 2.45) is 0 Å². The lowest BCUT2D eigenvalue weighted by atomic mass is 10.1. The summed E-state index contributed by atoms with van der Waals surface area (Å²) in [6, 6.07) is -1.30. The van der Waals surface area contributed by atoms with Gasteiger partial charge in [0.05, 0.1) is 5.56 Å². The number of hydrogen-bond donors (Lipinski definition) is 2. The molecule has 0 bridgehead atoms. The first-order valence-electron chi connectivity index (χ1n) is 5.27. The van der Waals surface area contributed by atoms with E-state index in [1.807, 2.05) is 5.32 Å². The quantitative estimate of drug-likeness (QED) is 0.377. The van der Waals surface area contributed by atoms with Gasteiger partial charge in [-0.05, 0) is 12.5 Å². The van der Waals surface area contributed by atoms with Gasteiger partial charge < -0.3 is 10.4 Å². The SMILES string of the molecule is C=CCC(NC(=O)c1cc(F)c(F)c(F)c1F)C(=O)O. The van der Waals surface area contributed by atoms with Crippen LogP contribution in [-0.2, 0) is 4.79 Å². The summed E-state index contributed by atoms with van der Waals surface area (Å²) in [5.74, 6) is -10.7. The number of aliphatic carboxylic acids is 1. The molecule has 0 radical (unpaired) electrons. The van der Waals surface area contributed by atoms with Gasteiger partial charge in [-0.15, -0.1) is 6.58 Å². The Morgan fingerprint density at radius 3 is 2.35 bits per heavy atom. The lowest BCUT2D eigenvalue weighted by Gasteiger charge is -2.13. The van der Waals surface area contributed by atoms with E-state index in [2.05, 4.69) is 6.58 Å². The molecule has 8 heteroatoms. The Morgan fingerprint density at radius 2 is 1.85 bits per heavy atom.